The van der Waals surface area contributed by atoms with Crippen molar-refractivity contribution in [3.63, 3.8) is 0 Å². The first-order chi connectivity index (χ1) is 26.7. The van der Waals surface area contributed by atoms with Gasteiger partial charge in [0.1, 0.15) is 30.0 Å². The number of amides is 4. The average molecular weight is 786 g/mol. The van der Waals surface area contributed by atoms with E-state index in [1.54, 1.807) is 6.07 Å². The Morgan fingerprint density at radius 1 is 0.893 bits per heavy atom. The maximum absolute atomic E-state index is 13.8. The minimum Gasteiger partial charge on any atom is -0.427 e. The zero-order valence-corrected chi connectivity index (χ0v) is 31.9. The number of carbonyl (C=O) groups excluding carboxylic acids is 6. The summed E-state index contributed by atoms with van der Waals surface area (Å²) >= 11 is 0. The van der Waals surface area contributed by atoms with Gasteiger partial charge < -0.3 is 15.0 Å². The van der Waals surface area contributed by atoms with Crippen molar-refractivity contribution >= 4 is 41.1 Å². The lowest BCUT2D eigenvalue weighted by atomic mass is 9.92. The van der Waals surface area contributed by atoms with Crippen LogP contribution in [0.3, 0.4) is 0 Å². The molecule has 0 radical (unpaired) electrons. The molecular weight excluding hydrogens is 734 g/mol. The Morgan fingerprint density at radius 3 is 2.23 bits per heavy atom. The maximum atomic E-state index is 13.8. The highest BCUT2D eigenvalue weighted by molar-refractivity contribution is 6.06. The van der Waals surface area contributed by atoms with E-state index in [1.165, 1.54) is 37.1 Å². The van der Waals surface area contributed by atoms with Gasteiger partial charge in [0.25, 0.3) is 5.91 Å². The number of halogens is 4. The first-order valence-electron chi connectivity index (χ1n) is 19.8. The molecule has 2 aromatic carbocycles. The quantitative estimate of drug-likeness (QED) is 0.0912. The fraction of sp³-hybridized carbons (Fsp3) is 0.571. The number of nitrogens with zero attached hydrogens (tertiary/aromatic N) is 2. The molecule has 2 atom stereocenters. The summed E-state index contributed by atoms with van der Waals surface area (Å²) in [6, 6.07) is 6.99. The average Bonchev–Trinajstić information content (AvgIpc) is 3.46. The van der Waals surface area contributed by atoms with E-state index in [-0.39, 0.29) is 48.9 Å². The molecule has 2 aliphatic carbocycles. The molecule has 5 rings (SSSR count). The maximum Gasteiger partial charge on any atom is 0.418 e. The minimum atomic E-state index is -4.82. The van der Waals surface area contributed by atoms with Crippen LogP contribution in [0.4, 0.5) is 28.0 Å². The van der Waals surface area contributed by atoms with E-state index in [0.717, 1.165) is 76.8 Å². The summed E-state index contributed by atoms with van der Waals surface area (Å²) in [6.45, 7) is -0.757. The van der Waals surface area contributed by atoms with Gasteiger partial charge in [-0.15, -0.1) is 0 Å². The van der Waals surface area contributed by atoms with Crippen molar-refractivity contribution in [1.29, 1.82) is 0 Å². The molecule has 10 nitrogen and oxygen atoms in total. The Hall–Kier alpha value is -4.62. The molecule has 14 heteroatoms. The first-order valence-corrected chi connectivity index (χ1v) is 19.8. The van der Waals surface area contributed by atoms with Crippen molar-refractivity contribution in [2.75, 3.05) is 11.9 Å². The molecule has 4 amide bonds. The molecule has 56 heavy (non-hydrogen) atoms. The van der Waals surface area contributed by atoms with E-state index < -0.39 is 54.6 Å². The molecule has 0 bridgehead atoms. The van der Waals surface area contributed by atoms with E-state index >= 15 is 0 Å². The predicted octanol–water partition coefficient (Wildman–Crippen LogP) is 8.48. The second-order valence-corrected chi connectivity index (χ2v) is 15.3. The number of ether oxygens (including phenoxy) is 1. The molecule has 3 aliphatic rings. The fourth-order valence-electron chi connectivity index (χ4n) is 7.92. The van der Waals surface area contributed by atoms with E-state index in [2.05, 4.69) is 5.32 Å². The summed E-state index contributed by atoms with van der Waals surface area (Å²) in [5, 5.41) is 2.76. The van der Waals surface area contributed by atoms with Crippen molar-refractivity contribution < 1.29 is 51.1 Å². The van der Waals surface area contributed by atoms with Crippen LogP contribution in [-0.2, 0) is 47.3 Å². The van der Waals surface area contributed by atoms with Crippen molar-refractivity contribution in [3.05, 3.63) is 65.0 Å². The number of hydrogen-bond acceptors (Lipinski definition) is 7. The lowest BCUT2D eigenvalue weighted by Gasteiger charge is -2.31. The Bertz CT molecular complexity index is 1760. The normalized spacial score (nSPS) is 19.1. The molecule has 0 aromatic heterocycles. The molecule has 1 spiro atoms. The zero-order chi connectivity index (χ0) is 40.5. The first kappa shape index (κ1) is 42.5. The van der Waals surface area contributed by atoms with Crippen molar-refractivity contribution in [2.45, 2.75) is 140 Å². The highest BCUT2D eigenvalue weighted by atomic mass is 19.4. The number of anilines is 1. The number of carbonyl (C=O) groups is 6. The number of alkyl halides is 3. The van der Waals surface area contributed by atoms with Gasteiger partial charge in [0.15, 0.2) is 0 Å². The molecule has 0 unspecified atom stereocenters. The van der Waals surface area contributed by atoms with Gasteiger partial charge in [-0.3, -0.25) is 24.0 Å². The number of hydrogen-bond donors (Lipinski definition) is 1. The number of ketones is 2. The van der Waals surface area contributed by atoms with Gasteiger partial charge in [-0.25, -0.2) is 14.1 Å². The largest absolute Gasteiger partial charge is 0.427 e. The monoisotopic (exact) mass is 785 g/mol. The number of unbranched alkanes of at least 4 members (excludes halogenated alkanes) is 4. The lowest BCUT2D eigenvalue weighted by Crippen LogP contribution is -2.51. The van der Waals surface area contributed by atoms with Gasteiger partial charge in [0.2, 0.25) is 17.4 Å². The summed E-state index contributed by atoms with van der Waals surface area (Å²) in [5.41, 5.74) is -0.195. The molecule has 304 valence electrons. The standard InChI is InChI=1S/C42H51F4N3O7/c1-28(42(44,45)46)48(26-29-15-17-32(43)18-16-29)38(53)27-49-39(54)41(56-40(49)55)24-23-31-25-33(19-21-35(31)41)47-37(52)22-20-34(50)13-9-3-2-4-10-14-36(51)30-11-7-5-6-8-12-30/h15-19,21,25,28,30H,2-14,20,22-24,26-27H2,1H3,(H,47,52)/t28-,41+/m0/s1. The molecule has 1 saturated heterocycles. The SMILES string of the molecule is C[C@H](N(Cc1ccc(F)cc1)C(=O)CN1C(=O)O[C@@]2(CCc3cc(NC(=O)CCC(=O)CCCCCCCC(=O)C4CCCCCC4)ccc32)C1=O)C(F)(F)F. The topological polar surface area (TPSA) is 130 Å². The van der Waals surface area contributed by atoms with Gasteiger partial charge in [-0.1, -0.05) is 63.1 Å². The minimum absolute atomic E-state index is 0.00405. The van der Waals surface area contributed by atoms with Crippen LogP contribution >= 0.6 is 0 Å². The second kappa shape index (κ2) is 19.0. The van der Waals surface area contributed by atoms with Gasteiger partial charge in [-0.2, -0.15) is 13.2 Å². The van der Waals surface area contributed by atoms with Crippen LogP contribution in [-0.4, -0.2) is 63.9 Å². The molecule has 2 fully saturated rings. The highest BCUT2D eigenvalue weighted by Crippen LogP contribution is 2.46. The van der Waals surface area contributed by atoms with E-state index in [1.807, 2.05) is 0 Å². The Kier molecular flexibility index (Phi) is 14.4. The third-order valence-corrected chi connectivity index (χ3v) is 11.3. The van der Waals surface area contributed by atoms with Gasteiger partial charge in [0.05, 0.1) is 0 Å². The van der Waals surface area contributed by atoms with Crippen LogP contribution in [0.5, 0.6) is 0 Å². The Morgan fingerprint density at radius 2 is 1.55 bits per heavy atom. The predicted molar refractivity (Wildman–Crippen MR) is 198 cm³/mol. The van der Waals surface area contributed by atoms with Gasteiger partial charge in [-0.05, 0) is 74.4 Å². The number of fused-ring (bicyclic) bond motifs is 2. The number of rotatable bonds is 18. The second-order valence-electron chi connectivity index (χ2n) is 15.3. The van der Waals surface area contributed by atoms with Crippen LogP contribution in [0, 0.1) is 11.7 Å². The number of imide groups is 1. The summed E-state index contributed by atoms with van der Waals surface area (Å²) in [6.07, 6.45) is 6.72. The smallest absolute Gasteiger partial charge is 0.418 e. The molecule has 1 N–H and O–H groups in total. The van der Waals surface area contributed by atoms with Crippen molar-refractivity contribution in [1.82, 2.24) is 9.80 Å². The van der Waals surface area contributed by atoms with Crippen molar-refractivity contribution in [3.8, 4) is 0 Å². The number of aryl methyl sites for hydroxylation is 1. The Labute approximate surface area is 324 Å². The van der Waals surface area contributed by atoms with Crippen LogP contribution in [0.1, 0.15) is 126 Å². The van der Waals surface area contributed by atoms with E-state index in [9.17, 15) is 46.3 Å². The molecule has 1 saturated carbocycles. The van der Waals surface area contributed by atoms with E-state index in [0.29, 0.717) is 45.2 Å². The third-order valence-electron chi connectivity index (χ3n) is 11.3. The van der Waals surface area contributed by atoms with Crippen LogP contribution in [0.2, 0.25) is 0 Å². The van der Waals surface area contributed by atoms with Gasteiger partial charge >= 0.3 is 12.3 Å². The molecule has 1 aliphatic heterocycles. The summed E-state index contributed by atoms with van der Waals surface area (Å²) in [5.74, 6) is -2.36. The van der Waals surface area contributed by atoms with E-state index in [4.69, 9.17) is 4.74 Å². The number of Topliss-reactive ketones (excluding diaryl/α,β-unsaturated/α-hetero) is 2. The molecule has 2 aromatic rings. The lowest BCUT2D eigenvalue weighted by molar-refractivity contribution is -0.187. The van der Waals surface area contributed by atoms with Gasteiger partial charge in [0, 0.05) is 55.8 Å². The highest BCUT2D eigenvalue weighted by Gasteiger charge is 2.58. The fourth-order valence-corrected chi connectivity index (χ4v) is 7.92. The van der Waals surface area contributed by atoms with Crippen molar-refractivity contribution in [2.24, 2.45) is 5.92 Å². The van der Waals surface area contributed by atoms with Crippen LogP contribution < -0.4 is 5.32 Å². The number of benzene rings is 2. The summed E-state index contributed by atoms with van der Waals surface area (Å²) in [7, 11) is 0. The number of nitrogens with one attached hydrogen (secondary N) is 1. The Balaban J connectivity index is 1.07. The summed E-state index contributed by atoms with van der Waals surface area (Å²) < 4.78 is 60.3. The zero-order valence-electron chi connectivity index (χ0n) is 31.9. The molecule has 1 heterocycles. The molecular formula is C42H51F4N3O7. The van der Waals surface area contributed by atoms with Crippen LogP contribution in [0.25, 0.3) is 0 Å². The summed E-state index contributed by atoms with van der Waals surface area (Å²) in [4.78, 5) is 78.6. The third kappa shape index (κ3) is 10.8. The van der Waals surface area contributed by atoms with Crippen LogP contribution in [0.15, 0.2) is 42.5 Å².